The van der Waals surface area contributed by atoms with Crippen molar-refractivity contribution in [3.63, 3.8) is 0 Å². The molecule has 0 amide bonds. The first-order valence-corrected chi connectivity index (χ1v) is 8.01. The summed E-state index contributed by atoms with van der Waals surface area (Å²) >= 11 is 3.36. The third-order valence-electron chi connectivity index (χ3n) is 2.27. The van der Waals surface area contributed by atoms with Crippen LogP contribution in [0.5, 0.6) is 0 Å². The molecule has 0 saturated carbocycles. The molecule has 0 radical (unpaired) electrons. The van der Waals surface area contributed by atoms with Gasteiger partial charge >= 0.3 is 0 Å². The summed E-state index contributed by atoms with van der Waals surface area (Å²) in [4.78, 5) is 0. The van der Waals surface area contributed by atoms with E-state index in [1.807, 2.05) is 38.1 Å². The van der Waals surface area contributed by atoms with E-state index in [0.29, 0.717) is 13.2 Å². The van der Waals surface area contributed by atoms with Crippen LogP contribution in [0.15, 0.2) is 28.7 Å². The van der Waals surface area contributed by atoms with Crippen LogP contribution in [0.1, 0.15) is 19.4 Å². The third kappa shape index (κ3) is 6.49. The van der Waals surface area contributed by atoms with Gasteiger partial charge in [0.25, 0.3) is 0 Å². The summed E-state index contributed by atoms with van der Waals surface area (Å²) in [5.74, 6) is -0.0830. The predicted molar refractivity (Wildman–Crippen MR) is 75.6 cm³/mol. The molecule has 102 valence electrons. The van der Waals surface area contributed by atoms with Crippen LogP contribution in [0.25, 0.3) is 0 Å². The van der Waals surface area contributed by atoms with Gasteiger partial charge in [-0.3, -0.25) is 0 Å². The fourth-order valence-corrected chi connectivity index (χ4v) is 3.05. The molecule has 0 unspecified atom stereocenters. The van der Waals surface area contributed by atoms with Gasteiger partial charge in [0.15, 0.2) is 0 Å². The SMILES string of the molecule is CC(C)(COCc1ccc(Br)cc1)CS(N)(=O)=O. The van der Waals surface area contributed by atoms with E-state index >= 15 is 0 Å². The average molecular weight is 336 g/mol. The minimum atomic E-state index is -3.47. The van der Waals surface area contributed by atoms with Gasteiger partial charge in [-0.1, -0.05) is 41.9 Å². The number of hydrogen-bond acceptors (Lipinski definition) is 3. The highest BCUT2D eigenvalue weighted by atomic mass is 79.9. The zero-order chi connectivity index (χ0) is 13.8. The molecule has 0 fully saturated rings. The van der Waals surface area contributed by atoms with Gasteiger partial charge in [-0.2, -0.15) is 0 Å². The number of primary sulfonamides is 1. The Kier molecular flexibility index (Phi) is 5.33. The number of nitrogens with two attached hydrogens (primary N) is 1. The van der Waals surface area contributed by atoms with Crippen molar-refractivity contribution in [3.05, 3.63) is 34.3 Å². The molecule has 4 nitrogen and oxygen atoms in total. The summed E-state index contributed by atoms with van der Waals surface area (Å²) in [6.07, 6.45) is 0. The fraction of sp³-hybridized carbons (Fsp3) is 0.500. The molecule has 0 spiro atoms. The van der Waals surface area contributed by atoms with Crippen LogP contribution in [0.3, 0.4) is 0 Å². The highest BCUT2D eigenvalue weighted by Gasteiger charge is 2.24. The maximum atomic E-state index is 11.0. The lowest BCUT2D eigenvalue weighted by Crippen LogP contribution is -2.32. The van der Waals surface area contributed by atoms with Gasteiger partial charge in [-0.15, -0.1) is 0 Å². The molecule has 0 aliphatic carbocycles. The molecule has 0 saturated heterocycles. The maximum Gasteiger partial charge on any atom is 0.209 e. The average Bonchev–Trinajstić information content (AvgIpc) is 2.17. The van der Waals surface area contributed by atoms with Crippen molar-refractivity contribution in [3.8, 4) is 0 Å². The Morgan fingerprint density at radius 1 is 1.28 bits per heavy atom. The second-order valence-corrected chi connectivity index (χ2v) is 7.62. The van der Waals surface area contributed by atoms with Gasteiger partial charge in [0.05, 0.1) is 19.0 Å². The van der Waals surface area contributed by atoms with Gasteiger partial charge in [-0.05, 0) is 17.7 Å². The smallest absolute Gasteiger partial charge is 0.209 e. The zero-order valence-corrected chi connectivity index (χ0v) is 12.9. The lowest BCUT2D eigenvalue weighted by atomic mass is 9.98. The van der Waals surface area contributed by atoms with E-state index < -0.39 is 15.4 Å². The number of rotatable bonds is 6. The third-order valence-corrected chi connectivity index (χ3v) is 3.98. The van der Waals surface area contributed by atoms with Crippen LogP contribution in [-0.4, -0.2) is 20.8 Å². The van der Waals surface area contributed by atoms with Crippen molar-refractivity contribution in [1.82, 2.24) is 0 Å². The number of halogens is 1. The molecule has 1 aromatic carbocycles. The molecular formula is C12H18BrNO3S. The highest BCUT2D eigenvalue weighted by molar-refractivity contribution is 9.10. The Balaban J connectivity index is 2.43. The van der Waals surface area contributed by atoms with Crippen molar-refractivity contribution in [2.45, 2.75) is 20.5 Å². The zero-order valence-electron chi connectivity index (χ0n) is 10.5. The first kappa shape index (κ1) is 15.6. The molecule has 0 aliphatic rings. The van der Waals surface area contributed by atoms with Crippen LogP contribution in [0.2, 0.25) is 0 Å². The molecule has 1 rings (SSSR count). The van der Waals surface area contributed by atoms with Crippen LogP contribution >= 0.6 is 15.9 Å². The number of benzene rings is 1. The molecule has 0 aromatic heterocycles. The lowest BCUT2D eigenvalue weighted by Gasteiger charge is -2.22. The molecular weight excluding hydrogens is 318 g/mol. The van der Waals surface area contributed by atoms with Gasteiger partial charge < -0.3 is 4.74 Å². The molecule has 2 N–H and O–H groups in total. The first-order valence-electron chi connectivity index (χ1n) is 5.51. The van der Waals surface area contributed by atoms with E-state index in [-0.39, 0.29) is 5.75 Å². The van der Waals surface area contributed by atoms with Crippen LogP contribution < -0.4 is 5.14 Å². The quantitative estimate of drug-likeness (QED) is 0.866. The Bertz CT molecular complexity index is 483. The maximum absolute atomic E-state index is 11.0. The summed E-state index contributed by atoms with van der Waals surface area (Å²) in [5.41, 5.74) is 0.563. The minimum absolute atomic E-state index is 0.0830. The number of hydrogen-bond donors (Lipinski definition) is 1. The van der Waals surface area contributed by atoms with Gasteiger partial charge in [0, 0.05) is 9.89 Å². The second kappa shape index (κ2) is 6.14. The summed E-state index contributed by atoms with van der Waals surface area (Å²) in [5, 5.41) is 5.03. The Hall–Kier alpha value is -0.430. The predicted octanol–water partition coefficient (Wildman–Crippen LogP) is 2.28. The van der Waals surface area contributed by atoms with Crippen molar-refractivity contribution < 1.29 is 13.2 Å². The second-order valence-electron chi connectivity index (χ2n) is 5.09. The van der Waals surface area contributed by atoms with Crippen molar-refractivity contribution in [1.29, 1.82) is 0 Å². The lowest BCUT2D eigenvalue weighted by molar-refractivity contribution is 0.0612. The van der Waals surface area contributed by atoms with E-state index in [1.165, 1.54) is 0 Å². The Labute approximate surface area is 117 Å². The summed E-state index contributed by atoms with van der Waals surface area (Å²) in [6, 6.07) is 7.79. The van der Waals surface area contributed by atoms with Crippen molar-refractivity contribution in [2.75, 3.05) is 12.4 Å². The van der Waals surface area contributed by atoms with Gasteiger partial charge in [0.2, 0.25) is 10.0 Å². The van der Waals surface area contributed by atoms with Crippen LogP contribution in [0.4, 0.5) is 0 Å². The monoisotopic (exact) mass is 335 g/mol. The van der Waals surface area contributed by atoms with Gasteiger partial charge in [-0.25, -0.2) is 13.6 Å². The summed E-state index contributed by atoms with van der Waals surface area (Å²) in [6.45, 7) is 4.44. The Morgan fingerprint density at radius 2 is 1.83 bits per heavy atom. The standard InChI is InChI=1S/C12H18BrNO3S/c1-12(2,9-18(14,15)16)8-17-7-10-3-5-11(13)6-4-10/h3-6H,7-9H2,1-2H3,(H2,14,15,16). The Morgan fingerprint density at radius 3 is 2.33 bits per heavy atom. The van der Waals surface area contributed by atoms with E-state index in [1.54, 1.807) is 0 Å². The molecule has 0 atom stereocenters. The first-order chi connectivity index (χ1) is 8.18. The largest absolute Gasteiger partial charge is 0.376 e. The summed E-state index contributed by atoms with van der Waals surface area (Å²) in [7, 11) is -3.47. The van der Waals surface area contributed by atoms with Crippen molar-refractivity contribution in [2.24, 2.45) is 10.6 Å². The minimum Gasteiger partial charge on any atom is -0.376 e. The van der Waals surface area contributed by atoms with Crippen LogP contribution in [-0.2, 0) is 21.4 Å². The topological polar surface area (TPSA) is 69.4 Å². The summed E-state index contributed by atoms with van der Waals surface area (Å²) < 4.78 is 28.6. The number of sulfonamides is 1. The highest BCUT2D eigenvalue weighted by Crippen LogP contribution is 2.18. The van der Waals surface area contributed by atoms with Crippen LogP contribution in [0, 0.1) is 5.41 Å². The van der Waals surface area contributed by atoms with E-state index in [9.17, 15) is 8.42 Å². The molecule has 18 heavy (non-hydrogen) atoms. The molecule has 0 heterocycles. The van der Waals surface area contributed by atoms with E-state index in [2.05, 4.69) is 15.9 Å². The van der Waals surface area contributed by atoms with E-state index in [0.717, 1.165) is 10.0 Å². The fourth-order valence-electron chi connectivity index (χ4n) is 1.61. The van der Waals surface area contributed by atoms with Crippen molar-refractivity contribution >= 4 is 26.0 Å². The molecule has 1 aromatic rings. The molecule has 6 heteroatoms. The molecule has 0 aliphatic heterocycles. The van der Waals surface area contributed by atoms with E-state index in [4.69, 9.17) is 9.88 Å². The van der Waals surface area contributed by atoms with Gasteiger partial charge in [0.1, 0.15) is 0 Å². The molecule has 0 bridgehead atoms. The number of ether oxygens (including phenoxy) is 1. The normalized spacial score (nSPS) is 12.7.